The first-order valence-corrected chi connectivity index (χ1v) is 5.26. The van der Waals surface area contributed by atoms with Crippen LogP contribution in [0, 0.1) is 23.7 Å². The summed E-state index contributed by atoms with van der Waals surface area (Å²) in [6.45, 7) is -0.445. The third-order valence-corrected chi connectivity index (χ3v) is 2.70. The topological polar surface area (TPSA) is 108 Å². The van der Waals surface area contributed by atoms with Gasteiger partial charge in [0.1, 0.15) is 11.6 Å². The molecule has 1 aliphatic rings. The molecule has 96 valence electrons. The summed E-state index contributed by atoms with van der Waals surface area (Å²) in [4.78, 5) is 24.9. The van der Waals surface area contributed by atoms with Gasteiger partial charge in [0.15, 0.2) is 11.8 Å². The summed E-state index contributed by atoms with van der Waals surface area (Å²) in [5.74, 6) is 2.27. The maximum absolute atomic E-state index is 11.7. The Balaban J connectivity index is 2.45. The average Bonchev–Trinajstić information content (AvgIpc) is 2.84. The second kappa shape index (κ2) is 4.58. The van der Waals surface area contributed by atoms with Crippen LogP contribution in [0.15, 0.2) is 27.9 Å². The Labute approximate surface area is 107 Å². The van der Waals surface area contributed by atoms with Gasteiger partial charge in [-0.15, -0.1) is 6.42 Å². The van der Waals surface area contributed by atoms with Gasteiger partial charge in [0, 0.05) is 6.20 Å². The molecule has 0 saturated carbocycles. The van der Waals surface area contributed by atoms with Crippen LogP contribution in [0.25, 0.3) is 0 Å². The molecule has 0 amide bonds. The van der Waals surface area contributed by atoms with Crippen molar-refractivity contribution in [1.29, 1.82) is 5.26 Å². The summed E-state index contributed by atoms with van der Waals surface area (Å²) in [5, 5.41) is 17.9. The van der Waals surface area contributed by atoms with Crippen molar-refractivity contribution < 1.29 is 9.84 Å². The van der Waals surface area contributed by atoms with Crippen molar-refractivity contribution in [3.05, 3.63) is 44.8 Å². The SMILES string of the molecule is C#C[C@@]1(CO)C=C[C@H](n2cc(C#N)c(=O)[nH]c2=O)O1. The van der Waals surface area contributed by atoms with Gasteiger partial charge >= 0.3 is 5.69 Å². The van der Waals surface area contributed by atoms with Crippen molar-refractivity contribution in [2.75, 3.05) is 6.61 Å². The number of aromatic amines is 1. The molecule has 0 unspecified atom stereocenters. The van der Waals surface area contributed by atoms with Crippen molar-refractivity contribution in [1.82, 2.24) is 9.55 Å². The van der Waals surface area contributed by atoms with E-state index in [0.29, 0.717) is 0 Å². The Kier molecular flexibility index (Phi) is 3.09. The zero-order valence-corrected chi connectivity index (χ0v) is 9.66. The Hall–Kier alpha value is -2.61. The van der Waals surface area contributed by atoms with Gasteiger partial charge in [-0.05, 0) is 12.2 Å². The van der Waals surface area contributed by atoms with E-state index in [4.69, 9.17) is 16.4 Å². The Morgan fingerprint density at radius 2 is 2.37 bits per heavy atom. The number of nitriles is 1. The van der Waals surface area contributed by atoms with Crippen molar-refractivity contribution >= 4 is 0 Å². The fourth-order valence-corrected chi connectivity index (χ4v) is 1.65. The number of hydrogen-bond donors (Lipinski definition) is 2. The van der Waals surface area contributed by atoms with E-state index in [-0.39, 0.29) is 5.56 Å². The van der Waals surface area contributed by atoms with Gasteiger partial charge in [0.25, 0.3) is 5.56 Å². The predicted molar refractivity (Wildman–Crippen MR) is 63.9 cm³/mol. The minimum Gasteiger partial charge on any atom is -0.392 e. The lowest BCUT2D eigenvalue weighted by Crippen LogP contribution is -2.36. The van der Waals surface area contributed by atoms with E-state index in [1.54, 1.807) is 6.07 Å². The third-order valence-electron chi connectivity index (χ3n) is 2.70. The molecule has 0 aliphatic carbocycles. The lowest BCUT2D eigenvalue weighted by atomic mass is 10.1. The van der Waals surface area contributed by atoms with Crippen LogP contribution in [0.3, 0.4) is 0 Å². The Morgan fingerprint density at radius 1 is 1.63 bits per heavy atom. The summed E-state index contributed by atoms with van der Waals surface area (Å²) in [5.41, 5.74) is -3.02. The van der Waals surface area contributed by atoms with E-state index in [2.05, 4.69) is 5.92 Å². The molecule has 1 aromatic rings. The maximum Gasteiger partial charge on any atom is 0.330 e. The zero-order chi connectivity index (χ0) is 14.0. The number of ether oxygens (including phenoxy) is 1. The molecule has 2 N–H and O–H groups in total. The molecule has 0 radical (unpaired) electrons. The highest BCUT2D eigenvalue weighted by molar-refractivity contribution is 5.26. The molecule has 0 bridgehead atoms. The van der Waals surface area contributed by atoms with E-state index >= 15 is 0 Å². The maximum atomic E-state index is 11.7. The molecular weight excluding hydrogens is 250 g/mol. The molecule has 2 atom stereocenters. The molecular formula is C12H9N3O4. The first-order chi connectivity index (χ1) is 9.05. The summed E-state index contributed by atoms with van der Waals surface area (Å²) >= 11 is 0. The van der Waals surface area contributed by atoms with Gasteiger partial charge < -0.3 is 9.84 Å². The summed E-state index contributed by atoms with van der Waals surface area (Å²) in [6.07, 6.45) is 8.36. The standard InChI is InChI=1S/C12H9N3O4/c1-2-12(7-16)4-3-9(19-12)15-6-8(5-13)10(17)14-11(15)18/h1,3-4,6,9,16H,7H2,(H,14,17,18)/t9-,12+/m1/s1. The minimum atomic E-state index is -1.30. The van der Waals surface area contributed by atoms with Crippen LogP contribution in [0.1, 0.15) is 11.8 Å². The summed E-state index contributed by atoms with van der Waals surface area (Å²) in [7, 11) is 0. The van der Waals surface area contributed by atoms with Crippen molar-refractivity contribution in [3.63, 3.8) is 0 Å². The molecule has 1 aromatic heterocycles. The number of hydrogen-bond acceptors (Lipinski definition) is 5. The number of rotatable bonds is 2. The van der Waals surface area contributed by atoms with Crippen LogP contribution in [0.4, 0.5) is 0 Å². The van der Waals surface area contributed by atoms with Gasteiger partial charge in [0.2, 0.25) is 0 Å². The van der Waals surface area contributed by atoms with E-state index in [1.807, 2.05) is 4.98 Å². The quantitative estimate of drug-likeness (QED) is 0.515. The molecule has 2 heterocycles. The second-order valence-electron chi connectivity index (χ2n) is 3.88. The smallest absolute Gasteiger partial charge is 0.330 e. The number of aromatic nitrogens is 2. The molecule has 0 aromatic carbocycles. The van der Waals surface area contributed by atoms with Gasteiger partial charge in [-0.2, -0.15) is 5.26 Å². The first-order valence-electron chi connectivity index (χ1n) is 5.26. The zero-order valence-electron chi connectivity index (χ0n) is 9.66. The van der Waals surface area contributed by atoms with Gasteiger partial charge in [-0.3, -0.25) is 14.3 Å². The van der Waals surface area contributed by atoms with Crippen LogP contribution in [0.5, 0.6) is 0 Å². The van der Waals surface area contributed by atoms with Gasteiger partial charge in [0.05, 0.1) is 6.61 Å². The molecule has 0 saturated heterocycles. The molecule has 0 spiro atoms. The molecule has 0 fully saturated rings. The average molecular weight is 259 g/mol. The number of nitrogens with one attached hydrogen (secondary N) is 1. The van der Waals surface area contributed by atoms with E-state index in [1.165, 1.54) is 12.2 Å². The number of terminal acetylenes is 1. The van der Waals surface area contributed by atoms with Crippen LogP contribution < -0.4 is 11.2 Å². The molecule has 19 heavy (non-hydrogen) atoms. The number of H-pyrrole nitrogens is 1. The lowest BCUT2D eigenvalue weighted by molar-refractivity contribution is -0.0502. The monoisotopic (exact) mass is 259 g/mol. The fraction of sp³-hybridized carbons (Fsp3) is 0.250. The molecule has 7 heteroatoms. The number of aliphatic hydroxyl groups is 1. The second-order valence-corrected chi connectivity index (χ2v) is 3.88. The highest BCUT2D eigenvalue weighted by atomic mass is 16.5. The lowest BCUT2D eigenvalue weighted by Gasteiger charge is -2.21. The van der Waals surface area contributed by atoms with Gasteiger partial charge in [-0.1, -0.05) is 5.92 Å². The van der Waals surface area contributed by atoms with E-state index in [9.17, 15) is 14.7 Å². The van der Waals surface area contributed by atoms with Crippen LogP contribution in [-0.4, -0.2) is 26.9 Å². The first kappa shape index (κ1) is 12.8. The predicted octanol–water partition coefficient (Wildman–Crippen LogP) is -1.14. The largest absolute Gasteiger partial charge is 0.392 e. The van der Waals surface area contributed by atoms with Crippen molar-refractivity contribution in [2.45, 2.75) is 11.8 Å². The Bertz CT molecular complexity index is 731. The number of aliphatic hydroxyl groups excluding tert-OH is 1. The third kappa shape index (κ3) is 2.08. The van der Waals surface area contributed by atoms with Crippen molar-refractivity contribution in [3.8, 4) is 18.4 Å². The number of nitrogens with zero attached hydrogens (tertiary/aromatic N) is 2. The highest BCUT2D eigenvalue weighted by Gasteiger charge is 2.34. The molecule has 7 nitrogen and oxygen atoms in total. The normalized spacial score (nSPS) is 24.9. The Morgan fingerprint density at radius 3 is 2.89 bits per heavy atom. The van der Waals surface area contributed by atoms with E-state index in [0.717, 1.165) is 10.8 Å². The highest BCUT2D eigenvalue weighted by Crippen LogP contribution is 2.27. The molecule has 1 aliphatic heterocycles. The van der Waals surface area contributed by atoms with Crippen LogP contribution >= 0.6 is 0 Å². The van der Waals surface area contributed by atoms with E-state index < -0.39 is 29.7 Å². The molecule has 2 rings (SSSR count). The van der Waals surface area contributed by atoms with Crippen LogP contribution in [0.2, 0.25) is 0 Å². The van der Waals surface area contributed by atoms with Gasteiger partial charge in [-0.25, -0.2) is 4.79 Å². The summed E-state index contributed by atoms with van der Waals surface area (Å²) in [6, 6.07) is 1.66. The van der Waals surface area contributed by atoms with Crippen molar-refractivity contribution in [2.24, 2.45) is 0 Å². The summed E-state index contributed by atoms with van der Waals surface area (Å²) < 4.78 is 6.41. The fourth-order valence-electron chi connectivity index (χ4n) is 1.65. The van der Waals surface area contributed by atoms with Crippen LogP contribution in [-0.2, 0) is 4.74 Å². The minimum absolute atomic E-state index is 0.223.